The van der Waals surface area contributed by atoms with Crippen LogP contribution in [0.1, 0.15) is 38.5 Å². The predicted octanol–water partition coefficient (Wildman–Crippen LogP) is 2.06. The van der Waals surface area contributed by atoms with E-state index in [0.29, 0.717) is 5.96 Å². The second kappa shape index (κ2) is 10.0. The van der Waals surface area contributed by atoms with Crippen LogP contribution in [0.3, 0.4) is 0 Å². The van der Waals surface area contributed by atoms with Gasteiger partial charge in [-0.25, -0.2) is 0 Å². The SMILES string of the molecule is I.NC(=NCCCN1CCOCC1)NCCC1CC2CCC1C2. The minimum atomic E-state index is 0. The van der Waals surface area contributed by atoms with Crippen LogP contribution in [0.4, 0.5) is 0 Å². The third-order valence-electron chi connectivity index (χ3n) is 5.72. The summed E-state index contributed by atoms with van der Waals surface area (Å²) in [4.78, 5) is 6.89. The molecule has 3 atom stereocenters. The van der Waals surface area contributed by atoms with Crippen LogP contribution in [-0.4, -0.2) is 56.8 Å². The number of halogens is 1. The number of nitrogens with one attached hydrogen (secondary N) is 1. The molecule has 6 heteroatoms. The molecule has 2 saturated carbocycles. The highest BCUT2D eigenvalue weighted by molar-refractivity contribution is 14.0. The van der Waals surface area contributed by atoms with E-state index in [2.05, 4.69) is 15.2 Å². The molecule has 1 aliphatic heterocycles. The molecule has 134 valence electrons. The zero-order valence-electron chi connectivity index (χ0n) is 14.2. The molecule has 3 aliphatic rings. The first-order valence-electron chi connectivity index (χ1n) is 9.15. The Labute approximate surface area is 157 Å². The summed E-state index contributed by atoms with van der Waals surface area (Å²) < 4.78 is 5.35. The van der Waals surface area contributed by atoms with E-state index in [9.17, 15) is 0 Å². The molecule has 2 bridgehead atoms. The van der Waals surface area contributed by atoms with Gasteiger partial charge < -0.3 is 15.8 Å². The van der Waals surface area contributed by atoms with Crippen molar-refractivity contribution in [3.63, 3.8) is 0 Å². The smallest absolute Gasteiger partial charge is 0.188 e. The molecular formula is C17H33IN4O. The van der Waals surface area contributed by atoms with Crippen molar-refractivity contribution in [1.82, 2.24) is 10.2 Å². The van der Waals surface area contributed by atoms with Crippen LogP contribution in [0.15, 0.2) is 4.99 Å². The Bertz CT molecular complexity index is 374. The van der Waals surface area contributed by atoms with Gasteiger partial charge in [-0.1, -0.05) is 6.42 Å². The molecule has 3 fully saturated rings. The Kier molecular flexibility index (Phi) is 8.40. The van der Waals surface area contributed by atoms with Crippen molar-refractivity contribution in [2.45, 2.75) is 38.5 Å². The molecule has 0 spiro atoms. The van der Waals surface area contributed by atoms with E-state index in [0.717, 1.165) is 70.1 Å². The Morgan fingerprint density at radius 1 is 1.22 bits per heavy atom. The molecule has 5 nitrogen and oxygen atoms in total. The molecule has 3 N–H and O–H groups in total. The average Bonchev–Trinajstić information content (AvgIpc) is 3.15. The highest BCUT2D eigenvalue weighted by atomic mass is 127. The van der Waals surface area contributed by atoms with Gasteiger partial charge in [0, 0.05) is 32.7 Å². The third-order valence-corrected chi connectivity index (χ3v) is 5.72. The Morgan fingerprint density at radius 2 is 2.04 bits per heavy atom. The standard InChI is InChI=1S/C17H32N4O.HI/c18-17(19-5-1-7-21-8-10-22-11-9-21)20-6-4-16-13-14-2-3-15(16)12-14;/h14-16H,1-13H2,(H3,18,19,20);1H. The van der Waals surface area contributed by atoms with Crippen LogP contribution in [0.25, 0.3) is 0 Å². The number of rotatable bonds is 7. The van der Waals surface area contributed by atoms with Crippen molar-refractivity contribution >= 4 is 29.9 Å². The van der Waals surface area contributed by atoms with Crippen LogP contribution in [0.2, 0.25) is 0 Å². The number of ether oxygens (including phenoxy) is 1. The largest absolute Gasteiger partial charge is 0.379 e. The topological polar surface area (TPSA) is 62.9 Å². The van der Waals surface area contributed by atoms with Crippen molar-refractivity contribution in [3.8, 4) is 0 Å². The van der Waals surface area contributed by atoms with E-state index in [1.165, 1.54) is 32.1 Å². The first-order chi connectivity index (χ1) is 10.8. The van der Waals surface area contributed by atoms with E-state index >= 15 is 0 Å². The van der Waals surface area contributed by atoms with Crippen LogP contribution in [-0.2, 0) is 4.74 Å². The van der Waals surface area contributed by atoms with Gasteiger partial charge in [0.05, 0.1) is 13.2 Å². The predicted molar refractivity (Wildman–Crippen MR) is 105 cm³/mol. The maximum absolute atomic E-state index is 5.96. The number of fused-ring (bicyclic) bond motifs is 2. The van der Waals surface area contributed by atoms with Crippen molar-refractivity contribution < 1.29 is 4.74 Å². The lowest BCUT2D eigenvalue weighted by Gasteiger charge is -2.26. The van der Waals surface area contributed by atoms with Crippen LogP contribution < -0.4 is 11.1 Å². The number of nitrogens with two attached hydrogens (primary N) is 1. The lowest BCUT2D eigenvalue weighted by molar-refractivity contribution is 0.0377. The summed E-state index contributed by atoms with van der Waals surface area (Å²) in [6, 6.07) is 0. The van der Waals surface area contributed by atoms with Crippen molar-refractivity contribution in [2.24, 2.45) is 28.5 Å². The van der Waals surface area contributed by atoms with Gasteiger partial charge in [0.1, 0.15) is 0 Å². The highest BCUT2D eigenvalue weighted by Crippen LogP contribution is 2.49. The van der Waals surface area contributed by atoms with E-state index in [1.807, 2.05) is 0 Å². The Morgan fingerprint density at radius 3 is 2.74 bits per heavy atom. The summed E-state index contributed by atoms with van der Waals surface area (Å²) in [5.41, 5.74) is 5.96. The van der Waals surface area contributed by atoms with Crippen LogP contribution in [0.5, 0.6) is 0 Å². The number of nitrogens with zero attached hydrogens (tertiary/aromatic N) is 2. The summed E-state index contributed by atoms with van der Waals surface area (Å²) in [5.74, 6) is 3.63. The Hall–Kier alpha value is -0.0800. The zero-order valence-corrected chi connectivity index (χ0v) is 16.5. The zero-order chi connectivity index (χ0) is 15.2. The number of aliphatic imine (C=N–C) groups is 1. The first-order valence-corrected chi connectivity index (χ1v) is 9.15. The van der Waals surface area contributed by atoms with Gasteiger partial charge in [0.2, 0.25) is 0 Å². The summed E-state index contributed by atoms with van der Waals surface area (Å²) in [6.07, 6.45) is 8.26. The van der Waals surface area contributed by atoms with E-state index in [4.69, 9.17) is 10.5 Å². The number of morpholine rings is 1. The fourth-order valence-corrected chi connectivity index (χ4v) is 4.49. The van der Waals surface area contributed by atoms with E-state index < -0.39 is 0 Å². The second-order valence-electron chi connectivity index (χ2n) is 7.22. The summed E-state index contributed by atoms with van der Waals surface area (Å²) in [7, 11) is 0. The van der Waals surface area contributed by atoms with E-state index in [1.54, 1.807) is 0 Å². The Balaban J connectivity index is 0.00000192. The number of guanidine groups is 1. The minimum Gasteiger partial charge on any atom is -0.379 e. The fraction of sp³-hybridized carbons (Fsp3) is 0.941. The molecule has 0 aromatic heterocycles. The molecule has 0 amide bonds. The van der Waals surface area contributed by atoms with Gasteiger partial charge in [-0.2, -0.15) is 0 Å². The normalized spacial score (nSPS) is 31.1. The molecule has 23 heavy (non-hydrogen) atoms. The molecule has 0 radical (unpaired) electrons. The molecular weight excluding hydrogens is 403 g/mol. The molecule has 2 aliphatic carbocycles. The molecule has 3 rings (SSSR count). The lowest BCUT2D eigenvalue weighted by Crippen LogP contribution is -2.37. The van der Waals surface area contributed by atoms with Crippen molar-refractivity contribution in [1.29, 1.82) is 0 Å². The maximum Gasteiger partial charge on any atom is 0.188 e. The van der Waals surface area contributed by atoms with Gasteiger partial charge in [-0.3, -0.25) is 9.89 Å². The van der Waals surface area contributed by atoms with E-state index in [-0.39, 0.29) is 24.0 Å². The minimum absolute atomic E-state index is 0. The second-order valence-corrected chi connectivity index (χ2v) is 7.22. The van der Waals surface area contributed by atoms with Gasteiger partial charge in [0.25, 0.3) is 0 Å². The summed E-state index contributed by atoms with van der Waals surface area (Å²) >= 11 is 0. The molecule has 1 heterocycles. The van der Waals surface area contributed by atoms with Crippen molar-refractivity contribution in [3.05, 3.63) is 0 Å². The maximum atomic E-state index is 5.96. The van der Waals surface area contributed by atoms with Crippen LogP contribution in [0, 0.1) is 17.8 Å². The molecule has 0 aromatic carbocycles. The highest BCUT2D eigenvalue weighted by Gasteiger charge is 2.38. The third kappa shape index (κ3) is 6.05. The quantitative estimate of drug-likeness (QED) is 0.278. The molecule has 0 aromatic rings. The molecule has 3 unspecified atom stereocenters. The van der Waals surface area contributed by atoms with Crippen molar-refractivity contribution in [2.75, 3.05) is 45.9 Å². The van der Waals surface area contributed by atoms with Gasteiger partial charge >= 0.3 is 0 Å². The summed E-state index contributed by atoms with van der Waals surface area (Å²) in [5, 5.41) is 3.30. The average molecular weight is 436 g/mol. The monoisotopic (exact) mass is 436 g/mol. The number of hydrogen-bond donors (Lipinski definition) is 2. The number of hydrogen-bond acceptors (Lipinski definition) is 3. The van der Waals surface area contributed by atoms with Gasteiger partial charge in [-0.15, -0.1) is 24.0 Å². The first kappa shape index (κ1) is 19.2. The van der Waals surface area contributed by atoms with Gasteiger partial charge in [0.15, 0.2) is 5.96 Å². The lowest BCUT2D eigenvalue weighted by atomic mass is 9.86. The fourth-order valence-electron chi connectivity index (χ4n) is 4.49. The summed E-state index contributed by atoms with van der Waals surface area (Å²) in [6.45, 7) is 6.77. The molecule has 1 saturated heterocycles. The van der Waals surface area contributed by atoms with Crippen LogP contribution >= 0.6 is 24.0 Å². The van der Waals surface area contributed by atoms with Gasteiger partial charge in [-0.05, 0) is 49.9 Å².